The van der Waals surface area contributed by atoms with E-state index in [4.69, 9.17) is 5.11 Å². The molecule has 1 aromatic heterocycles. The van der Waals surface area contributed by atoms with Crippen molar-refractivity contribution in [3.8, 4) is 0 Å². The van der Waals surface area contributed by atoms with Gasteiger partial charge >= 0.3 is 5.97 Å². The summed E-state index contributed by atoms with van der Waals surface area (Å²) in [6, 6.07) is 6.02. The highest BCUT2D eigenvalue weighted by Crippen LogP contribution is 2.24. The molecule has 0 unspecified atom stereocenters. The van der Waals surface area contributed by atoms with Crippen molar-refractivity contribution in [1.82, 2.24) is 4.72 Å². The number of thiophene rings is 1. The Kier molecular flexibility index (Phi) is 4.40. The number of nitrogens with one attached hydrogen (secondary N) is 1. The molecule has 112 valence electrons. The van der Waals surface area contributed by atoms with Crippen molar-refractivity contribution in [1.29, 1.82) is 0 Å². The van der Waals surface area contributed by atoms with Crippen molar-refractivity contribution in [3.05, 3.63) is 52.0 Å². The smallest absolute Gasteiger partial charge is 0.347 e. The highest BCUT2D eigenvalue weighted by Gasteiger charge is 2.25. The molecule has 0 radical (unpaired) electrons. The Morgan fingerprint density at radius 3 is 2.48 bits per heavy atom. The van der Waals surface area contributed by atoms with Crippen LogP contribution in [0.3, 0.4) is 0 Å². The molecule has 1 aromatic carbocycles. The van der Waals surface area contributed by atoms with E-state index in [0.717, 1.165) is 11.3 Å². The van der Waals surface area contributed by atoms with Crippen LogP contribution in [0.5, 0.6) is 0 Å². The third-order valence-electron chi connectivity index (χ3n) is 2.81. The van der Waals surface area contributed by atoms with E-state index in [1.165, 1.54) is 35.7 Å². The third-order valence-corrected chi connectivity index (χ3v) is 5.43. The first-order valence-corrected chi connectivity index (χ1v) is 8.26. The summed E-state index contributed by atoms with van der Waals surface area (Å²) in [6.45, 7) is 1.59. The molecule has 8 heteroatoms. The van der Waals surface area contributed by atoms with Crippen LogP contribution in [0.25, 0.3) is 0 Å². The normalized spacial score (nSPS) is 13.0. The molecular formula is C13H12FNO4S2. The van der Waals surface area contributed by atoms with E-state index in [1.54, 1.807) is 6.92 Å². The van der Waals surface area contributed by atoms with Crippen molar-refractivity contribution in [2.75, 3.05) is 0 Å². The van der Waals surface area contributed by atoms with Crippen LogP contribution in [-0.4, -0.2) is 19.5 Å². The maximum absolute atomic E-state index is 12.9. The molecule has 2 N–H and O–H groups in total. The lowest BCUT2D eigenvalue weighted by Crippen LogP contribution is -2.27. The molecule has 0 amide bonds. The van der Waals surface area contributed by atoms with Gasteiger partial charge in [0.25, 0.3) is 0 Å². The number of benzene rings is 1. The first kappa shape index (κ1) is 15.6. The second-order valence-corrected chi connectivity index (χ2v) is 6.91. The Labute approximate surface area is 125 Å². The van der Waals surface area contributed by atoms with Gasteiger partial charge < -0.3 is 5.11 Å². The Morgan fingerprint density at radius 1 is 1.29 bits per heavy atom. The van der Waals surface area contributed by atoms with E-state index in [-0.39, 0.29) is 9.77 Å². The molecule has 21 heavy (non-hydrogen) atoms. The Morgan fingerprint density at radius 2 is 1.90 bits per heavy atom. The lowest BCUT2D eigenvalue weighted by molar-refractivity contribution is 0.0698. The summed E-state index contributed by atoms with van der Waals surface area (Å²) in [5.41, 5.74) is 0.576. The predicted molar refractivity (Wildman–Crippen MR) is 76.4 cm³/mol. The molecule has 1 heterocycles. The number of carboxylic acid groups (broad SMARTS) is 1. The zero-order valence-corrected chi connectivity index (χ0v) is 12.5. The number of aromatic carboxylic acids is 1. The number of sulfonamides is 1. The van der Waals surface area contributed by atoms with Crippen LogP contribution in [0.2, 0.25) is 0 Å². The monoisotopic (exact) mass is 329 g/mol. The fourth-order valence-corrected chi connectivity index (χ4v) is 4.27. The van der Waals surface area contributed by atoms with Crippen LogP contribution in [0.1, 0.15) is 28.2 Å². The van der Waals surface area contributed by atoms with Gasteiger partial charge in [0.15, 0.2) is 0 Å². The van der Waals surface area contributed by atoms with Gasteiger partial charge in [-0.3, -0.25) is 0 Å². The summed E-state index contributed by atoms with van der Waals surface area (Å²) >= 11 is 0.841. The number of carbonyl (C=O) groups is 1. The number of hydrogen-bond acceptors (Lipinski definition) is 4. The molecule has 0 saturated heterocycles. The third kappa shape index (κ3) is 3.46. The predicted octanol–water partition coefficient (Wildman–Crippen LogP) is 2.62. The minimum Gasteiger partial charge on any atom is -0.477 e. The van der Waals surface area contributed by atoms with Crippen LogP contribution in [0, 0.1) is 5.82 Å². The van der Waals surface area contributed by atoms with Gasteiger partial charge in [-0.25, -0.2) is 22.3 Å². The van der Waals surface area contributed by atoms with Gasteiger partial charge in [-0.2, -0.15) is 0 Å². The molecule has 2 aromatic rings. The van der Waals surface area contributed by atoms with Gasteiger partial charge in [-0.05, 0) is 36.1 Å². The summed E-state index contributed by atoms with van der Waals surface area (Å²) in [5, 5.41) is 10.4. The molecule has 1 atom stereocenters. The molecule has 0 spiro atoms. The fraction of sp³-hybridized carbons (Fsp3) is 0.154. The maximum atomic E-state index is 12.9. The lowest BCUT2D eigenvalue weighted by atomic mass is 10.1. The van der Waals surface area contributed by atoms with Crippen LogP contribution < -0.4 is 4.72 Å². The zero-order valence-electron chi connectivity index (χ0n) is 10.9. The fourth-order valence-electron chi connectivity index (χ4n) is 1.78. The van der Waals surface area contributed by atoms with E-state index >= 15 is 0 Å². The summed E-state index contributed by atoms with van der Waals surface area (Å²) in [7, 11) is -3.96. The molecule has 0 aliphatic heterocycles. The molecule has 0 bridgehead atoms. The molecule has 0 saturated carbocycles. The van der Waals surface area contributed by atoms with E-state index < -0.39 is 27.9 Å². The quantitative estimate of drug-likeness (QED) is 0.883. The van der Waals surface area contributed by atoms with Gasteiger partial charge in [0.1, 0.15) is 15.6 Å². The topological polar surface area (TPSA) is 83.5 Å². The van der Waals surface area contributed by atoms with Crippen molar-refractivity contribution in [2.45, 2.75) is 17.9 Å². The number of rotatable bonds is 5. The van der Waals surface area contributed by atoms with Crippen molar-refractivity contribution in [3.63, 3.8) is 0 Å². The Hall–Kier alpha value is -1.77. The molecular weight excluding hydrogens is 317 g/mol. The maximum Gasteiger partial charge on any atom is 0.347 e. The average Bonchev–Trinajstić information content (AvgIpc) is 2.89. The second kappa shape index (κ2) is 5.92. The van der Waals surface area contributed by atoms with Crippen molar-refractivity contribution < 1.29 is 22.7 Å². The number of hydrogen-bond donors (Lipinski definition) is 2. The largest absolute Gasteiger partial charge is 0.477 e. The van der Waals surface area contributed by atoms with Crippen LogP contribution in [-0.2, 0) is 10.0 Å². The minimum absolute atomic E-state index is 0.242. The standard InChI is InChI=1S/C13H12FNO4S2/c1-8(9-2-4-10(14)5-3-9)15-21(18,19)11-6-7-20-12(11)13(16)17/h2-8,15H,1H3,(H,16,17)/t8-/m0/s1. The van der Waals surface area contributed by atoms with Crippen molar-refractivity contribution in [2.24, 2.45) is 0 Å². The molecule has 0 fully saturated rings. The van der Waals surface area contributed by atoms with E-state index in [1.807, 2.05) is 0 Å². The Bertz CT molecular complexity index is 753. The molecule has 0 aliphatic rings. The molecule has 5 nitrogen and oxygen atoms in total. The summed E-state index contributed by atoms with van der Waals surface area (Å²) in [4.78, 5) is 10.5. The minimum atomic E-state index is -3.96. The average molecular weight is 329 g/mol. The molecule has 0 aliphatic carbocycles. The summed E-state index contributed by atoms with van der Waals surface area (Å²) < 4.78 is 39.7. The molecule has 2 rings (SSSR count). The van der Waals surface area contributed by atoms with Crippen LogP contribution in [0.15, 0.2) is 40.6 Å². The van der Waals surface area contributed by atoms with Gasteiger partial charge in [-0.15, -0.1) is 11.3 Å². The van der Waals surface area contributed by atoms with E-state index in [9.17, 15) is 17.6 Å². The summed E-state index contributed by atoms with van der Waals surface area (Å²) in [6.07, 6.45) is 0. The first-order valence-electron chi connectivity index (χ1n) is 5.90. The SMILES string of the molecule is C[C@H](NS(=O)(=O)c1ccsc1C(=O)O)c1ccc(F)cc1. The second-order valence-electron chi connectivity index (χ2n) is 4.31. The summed E-state index contributed by atoms with van der Waals surface area (Å²) in [5.74, 6) is -1.71. The van der Waals surface area contributed by atoms with Crippen LogP contribution in [0.4, 0.5) is 4.39 Å². The van der Waals surface area contributed by atoms with Gasteiger partial charge in [0.05, 0.1) is 0 Å². The number of carboxylic acids is 1. The van der Waals surface area contributed by atoms with E-state index in [0.29, 0.717) is 5.56 Å². The number of halogens is 1. The Balaban J connectivity index is 2.27. The zero-order chi connectivity index (χ0) is 15.6. The van der Waals surface area contributed by atoms with Gasteiger partial charge in [0, 0.05) is 6.04 Å². The first-order chi connectivity index (χ1) is 9.81. The van der Waals surface area contributed by atoms with Crippen molar-refractivity contribution >= 4 is 27.3 Å². The van der Waals surface area contributed by atoms with Gasteiger partial charge in [0.2, 0.25) is 10.0 Å². The highest BCUT2D eigenvalue weighted by molar-refractivity contribution is 7.89. The van der Waals surface area contributed by atoms with Crippen LogP contribution >= 0.6 is 11.3 Å². The highest BCUT2D eigenvalue weighted by atomic mass is 32.2. The lowest BCUT2D eigenvalue weighted by Gasteiger charge is -2.14. The van der Waals surface area contributed by atoms with E-state index in [2.05, 4.69) is 4.72 Å². The van der Waals surface area contributed by atoms with Gasteiger partial charge in [-0.1, -0.05) is 12.1 Å².